The number of hydrogen-bond acceptors (Lipinski definition) is 4. The number of ether oxygens (including phenoxy) is 1. The summed E-state index contributed by atoms with van der Waals surface area (Å²) in [6.45, 7) is 1.68. The van der Waals surface area contributed by atoms with Gasteiger partial charge in [0, 0.05) is 21.7 Å². The molecule has 6 heteroatoms. The van der Waals surface area contributed by atoms with Gasteiger partial charge in [0.2, 0.25) is 0 Å². The summed E-state index contributed by atoms with van der Waals surface area (Å²) in [5.74, 6) is 0.611. The Morgan fingerprint density at radius 3 is 2.65 bits per heavy atom. The highest BCUT2D eigenvalue weighted by molar-refractivity contribution is 6.36. The van der Waals surface area contributed by atoms with Gasteiger partial charge in [-0.1, -0.05) is 34.4 Å². The molecular weight excluding hydrogens is 337 g/mol. The van der Waals surface area contributed by atoms with Crippen LogP contribution in [0.2, 0.25) is 10.0 Å². The number of hydrogen-bond donors (Lipinski definition) is 0. The van der Waals surface area contributed by atoms with Crippen LogP contribution in [0.5, 0.6) is 5.75 Å². The fraction of sp³-hybridized carbons (Fsp3) is 0.176. The molecular formula is C17H15Cl2NO3. The second-order valence-electron chi connectivity index (χ2n) is 4.76. The van der Waals surface area contributed by atoms with Crippen molar-refractivity contribution in [2.24, 2.45) is 5.16 Å². The molecule has 2 aromatic rings. The second-order valence-corrected chi connectivity index (χ2v) is 5.60. The van der Waals surface area contributed by atoms with Crippen molar-refractivity contribution in [3.05, 3.63) is 63.1 Å². The van der Waals surface area contributed by atoms with Gasteiger partial charge in [0.15, 0.2) is 5.78 Å². The first-order valence-corrected chi connectivity index (χ1v) is 7.55. The van der Waals surface area contributed by atoms with Crippen LogP contribution in [0.15, 0.2) is 41.6 Å². The Kier molecular flexibility index (Phi) is 6.02. The fourth-order valence-corrected chi connectivity index (χ4v) is 2.37. The number of rotatable bonds is 6. The van der Waals surface area contributed by atoms with Crippen molar-refractivity contribution in [2.45, 2.75) is 13.5 Å². The van der Waals surface area contributed by atoms with Crippen molar-refractivity contribution in [1.29, 1.82) is 0 Å². The average Bonchev–Trinajstić information content (AvgIpc) is 2.52. The van der Waals surface area contributed by atoms with E-state index in [0.717, 1.165) is 5.56 Å². The van der Waals surface area contributed by atoms with E-state index >= 15 is 0 Å². The lowest BCUT2D eigenvalue weighted by molar-refractivity contribution is 0.101. The van der Waals surface area contributed by atoms with Gasteiger partial charge in [-0.25, -0.2) is 0 Å². The van der Waals surface area contributed by atoms with Crippen LogP contribution in [-0.2, 0) is 11.4 Å². The predicted molar refractivity (Wildman–Crippen MR) is 91.8 cm³/mol. The zero-order valence-electron chi connectivity index (χ0n) is 12.7. The lowest BCUT2D eigenvalue weighted by Crippen LogP contribution is -1.99. The Balaban J connectivity index is 2.07. The highest BCUT2D eigenvalue weighted by Gasteiger charge is 2.07. The van der Waals surface area contributed by atoms with E-state index in [1.165, 1.54) is 13.1 Å². The monoisotopic (exact) mass is 351 g/mol. The number of nitrogens with zero attached hydrogens (tertiary/aromatic N) is 1. The number of methoxy groups -OCH3 is 1. The van der Waals surface area contributed by atoms with Crippen LogP contribution in [0.3, 0.4) is 0 Å². The van der Waals surface area contributed by atoms with Crippen LogP contribution in [0.1, 0.15) is 28.4 Å². The first-order valence-electron chi connectivity index (χ1n) is 6.79. The molecule has 0 N–H and O–H groups in total. The minimum atomic E-state index is -0.0228. The number of ketones is 1. The molecule has 0 aromatic heterocycles. The normalized spacial score (nSPS) is 10.8. The molecule has 23 heavy (non-hydrogen) atoms. The summed E-state index contributed by atoms with van der Waals surface area (Å²) >= 11 is 11.9. The van der Waals surface area contributed by atoms with Gasteiger partial charge in [-0.15, -0.1) is 0 Å². The lowest BCUT2D eigenvalue weighted by Gasteiger charge is -2.08. The summed E-state index contributed by atoms with van der Waals surface area (Å²) in [4.78, 5) is 16.7. The number of Topliss-reactive ketones (excluding diaryl/α,β-unsaturated/α-hetero) is 1. The van der Waals surface area contributed by atoms with E-state index in [0.29, 0.717) is 26.9 Å². The Labute approximate surface area is 144 Å². The van der Waals surface area contributed by atoms with Crippen molar-refractivity contribution in [3.63, 3.8) is 0 Å². The molecule has 2 aromatic carbocycles. The molecule has 0 aliphatic heterocycles. The molecule has 0 unspecified atom stereocenters. The van der Waals surface area contributed by atoms with Gasteiger partial charge < -0.3 is 9.57 Å². The largest absolute Gasteiger partial charge is 0.496 e. The van der Waals surface area contributed by atoms with Crippen molar-refractivity contribution in [3.8, 4) is 5.75 Å². The number of carbonyl (C=O) groups excluding carboxylic acids is 1. The summed E-state index contributed by atoms with van der Waals surface area (Å²) < 4.78 is 5.25. The summed E-state index contributed by atoms with van der Waals surface area (Å²) in [6.07, 6.45) is 1.50. The van der Waals surface area contributed by atoms with Gasteiger partial charge in [-0.2, -0.15) is 0 Å². The number of benzene rings is 2. The lowest BCUT2D eigenvalue weighted by atomic mass is 10.1. The Hall–Kier alpha value is -2.04. The molecule has 0 bridgehead atoms. The van der Waals surface area contributed by atoms with E-state index in [1.807, 2.05) is 0 Å². The summed E-state index contributed by atoms with van der Waals surface area (Å²) in [5.41, 5.74) is 2.02. The summed E-state index contributed by atoms with van der Waals surface area (Å²) in [7, 11) is 1.56. The van der Waals surface area contributed by atoms with Crippen LogP contribution in [0, 0.1) is 0 Å². The Morgan fingerprint density at radius 2 is 2.00 bits per heavy atom. The van der Waals surface area contributed by atoms with Gasteiger partial charge in [0.05, 0.1) is 18.3 Å². The second kappa shape index (κ2) is 7.99. The third-order valence-electron chi connectivity index (χ3n) is 3.14. The van der Waals surface area contributed by atoms with E-state index in [-0.39, 0.29) is 12.4 Å². The van der Waals surface area contributed by atoms with Crippen LogP contribution >= 0.6 is 23.2 Å². The molecule has 0 heterocycles. The molecule has 0 aliphatic carbocycles. The van der Waals surface area contributed by atoms with E-state index in [9.17, 15) is 4.79 Å². The van der Waals surface area contributed by atoms with Crippen LogP contribution in [0.4, 0.5) is 0 Å². The van der Waals surface area contributed by atoms with Crippen molar-refractivity contribution in [1.82, 2.24) is 0 Å². The number of carbonyl (C=O) groups is 1. The SMILES string of the molecule is COc1ccc(C(C)=O)cc1CON=Cc1ccc(Cl)cc1Cl. The van der Waals surface area contributed by atoms with Crippen molar-refractivity contribution < 1.29 is 14.4 Å². The Morgan fingerprint density at radius 1 is 1.22 bits per heavy atom. The minimum absolute atomic E-state index is 0.0228. The van der Waals surface area contributed by atoms with Gasteiger partial charge in [-0.3, -0.25) is 4.79 Å². The third-order valence-corrected chi connectivity index (χ3v) is 3.70. The smallest absolute Gasteiger partial charge is 0.159 e. The van der Waals surface area contributed by atoms with E-state index in [1.54, 1.807) is 43.5 Å². The maximum atomic E-state index is 11.4. The molecule has 0 saturated carbocycles. The quantitative estimate of drug-likeness (QED) is 0.428. The van der Waals surface area contributed by atoms with Crippen LogP contribution in [0.25, 0.3) is 0 Å². The van der Waals surface area contributed by atoms with Gasteiger partial charge in [-0.05, 0) is 37.3 Å². The third kappa shape index (κ3) is 4.71. The van der Waals surface area contributed by atoms with Crippen LogP contribution < -0.4 is 4.74 Å². The number of oxime groups is 1. The molecule has 0 atom stereocenters. The molecule has 0 saturated heterocycles. The van der Waals surface area contributed by atoms with Crippen LogP contribution in [-0.4, -0.2) is 19.1 Å². The first-order chi connectivity index (χ1) is 11.0. The zero-order valence-corrected chi connectivity index (χ0v) is 14.2. The summed E-state index contributed by atoms with van der Waals surface area (Å²) in [6, 6.07) is 10.3. The maximum Gasteiger partial charge on any atom is 0.159 e. The van der Waals surface area contributed by atoms with E-state index < -0.39 is 0 Å². The minimum Gasteiger partial charge on any atom is -0.496 e. The first kappa shape index (κ1) is 17.3. The zero-order chi connectivity index (χ0) is 16.8. The van der Waals surface area contributed by atoms with Crippen molar-refractivity contribution >= 4 is 35.2 Å². The molecule has 0 fully saturated rings. The highest BCUT2D eigenvalue weighted by atomic mass is 35.5. The fourth-order valence-electron chi connectivity index (χ4n) is 1.92. The predicted octanol–water partition coefficient (Wildman–Crippen LogP) is 4.76. The maximum absolute atomic E-state index is 11.4. The molecule has 0 aliphatic rings. The molecule has 0 spiro atoms. The summed E-state index contributed by atoms with van der Waals surface area (Å²) in [5, 5.41) is 4.93. The highest BCUT2D eigenvalue weighted by Crippen LogP contribution is 2.22. The van der Waals surface area contributed by atoms with Gasteiger partial charge >= 0.3 is 0 Å². The molecule has 0 radical (unpaired) electrons. The van der Waals surface area contributed by atoms with E-state index in [2.05, 4.69) is 5.16 Å². The van der Waals surface area contributed by atoms with Gasteiger partial charge in [0.1, 0.15) is 12.4 Å². The van der Waals surface area contributed by atoms with Crippen molar-refractivity contribution in [2.75, 3.05) is 7.11 Å². The standard InChI is InChI=1S/C17H15Cl2NO3/c1-11(21)12-4-6-17(22-2)14(7-12)10-23-20-9-13-3-5-15(18)8-16(13)19/h3-9H,10H2,1-2H3. The molecule has 120 valence electrons. The van der Waals surface area contributed by atoms with E-state index in [4.69, 9.17) is 32.8 Å². The number of halogens is 2. The Bertz CT molecular complexity index is 745. The molecule has 2 rings (SSSR count). The molecule has 4 nitrogen and oxygen atoms in total. The topological polar surface area (TPSA) is 47.9 Å². The molecule has 0 amide bonds. The van der Waals surface area contributed by atoms with Gasteiger partial charge in [0.25, 0.3) is 0 Å². The average molecular weight is 352 g/mol.